The number of rotatable bonds is 6. The summed E-state index contributed by atoms with van der Waals surface area (Å²) in [7, 11) is 0. The molecule has 0 fully saturated rings. The zero-order valence-corrected chi connectivity index (χ0v) is 31.5. The van der Waals surface area contributed by atoms with Gasteiger partial charge in [0.15, 0.2) is 0 Å². The van der Waals surface area contributed by atoms with Crippen LogP contribution < -0.4 is 17.6 Å². The second-order valence-corrected chi connectivity index (χ2v) is 22.0. The molecule has 11 rings (SSSR count). The molecule has 0 N–H and O–H groups in total. The molecule has 3 heterocycles. The third kappa shape index (κ3) is 4.47. The summed E-state index contributed by atoms with van der Waals surface area (Å²) in [5.74, 6) is 0.903. The molecule has 11 aromatic rings. The molecule has 54 heavy (non-hydrogen) atoms. The molecule has 0 saturated heterocycles. The predicted octanol–water partition coefficient (Wildman–Crippen LogP) is 8.91. The van der Waals surface area contributed by atoms with Crippen LogP contribution in [0, 0.1) is 0 Å². The number of benzene rings is 8. The van der Waals surface area contributed by atoms with Crippen LogP contribution in [0.5, 0.6) is 0 Å². The van der Waals surface area contributed by atoms with Gasteiger partial charge in [-0.3, -0.25) is 0 Å². The molecule has 3 aromatic heterocycles. The van der Waals surface area contributed by atoms with Crippen molar-refractivity contribution in [2.45, 2.75) is 0 Å². The number of hydrogen-bond donors (Lipinski definition) is 0. The summed E-state index contributed by atoms with van der Waals surface area (Å²) in [4.78, 5) is 5.37. The monoisotopic (exact) mass is 752 g/mol. The average Bonchev–Trinajstić information content (AvgIpc) is 3.89. The van der Waals surface area contributed by atoms with E-state index < -0.39 is 13.3 Å². The average molecular weight is 751 g/mol. The van der Waals surface area contributed by atoms with Gasteiger partial charge in [-0.25, -0.2) is 0 Å². The number of para-hydroxylation sites is 4. The molecule has 8 aromatic carbocycles. The summed E-state index contributed by atoms with van der Waals surface area (Å²) in [5.41, 5.74) is 8.92. The maximum absolute atomic E-state index is 5.37. The van der Waals surface area contributed by atoms with E-state index in [0.717, 1.165) is 39.2 Å². The third-order valence-electron chi connectivity index (χ3n) is 11.2. The minimum atomic E-state index is -3.50. The zero-order chi connectivity index (χ0) is 35.6. The second-order valence-electron chi connectivity index (χ2n) is 14.0. The first kappa shape index (κ1) is 30.9. The number of aromatic nitrogens is 4. The van der Waals surface area contributed by atoms with Gasteiger partial charge in [-0.15, -0.1) is 0 Å². The van der Waals surface area contributed by atoms with Crippen molar-refractivity contribution < 1.29 is 0 Å². The first-order chi connectivity index (χ1) is 26.8. The van der Waals surface area contributed by atoms with Crippen molar-refractivity contribution in [1.29, 1.82) is 0 Å². The van der Waals surface area contributed by atoms with Crippen molar-refractivity contribution in [3.63, 3.8) is 0 Å². The van der Waals surface area contributed by atoms with Gasteiger partial charge in [0.1, 0.15) is 0 Å². The molecule has 0 atom stereocenters. The Labute approximate surface area is 315 Å². The summed E-state index contributed by atoms with van der Waals surface area (Å²) < 4.78 is 12.7. The van der Waals surface area contributed by atoms with E-state index in [2.05, 4.69) is 220 Å². The van der Waals surface area contributed by atoms with E-state index in [-0.39, 0.29) is 0 Å². The molecule has 0 amide bonds. The Morgan fingerprint density at radius 1 is 0.333 bits per heavy atom. The van der Waals surface area contributed by atoms with Crippen LogP contribution in [-0.4, -0.2) is 31.8 Å². The Hall–Kier alpha value is -6.63. The molecule has 0 aliphatic carbocycles. The predicted molar refractivity (Wildman–Crippen MR) is 227 cm³/mol. The Kier molecular flexibility index (Phi) is 7.01. The fraction of sp³-hybridized carbons (Fsp3) is 0. The van der Waals surface area contributed by atoms with Crippen LogP contribution in [0.25, 0.3) is 61.0 Å². The molecule has 0 radical (unpaired) electrons. The Bertz CT molecular complexity index is 3010. The van der Waals surface area contributed by atoms with Crippen LogP contribution in [-0.2, 0) is 0 Å². The van der Waals surface area contributed by atoms with Gasteiger partial charge in [-0.1, -0.05) is 36.4 Å². The Balaban J connectivity index is 1.17. The van der Waals surface area contributed by atoms with Crippen LogP contribution in [0.4, 0.5) is 0 Å². The number of fused-ring (bicyclic) bond motifs is 8. The fourth-order valence-electron chi connectivity index (χ4n) is 8.93. The molecule has 0 unspecified atom stereocenters. The quantitative estimate of drug-likeness (QED) is 0.156. The molecular weight excluding hydrogens is 717 g/mol. The van der Waals surface area contributed by atoms with Crippen molar-refractivity contribution in [2.75, 3.05) is 0 Å². The molecule has 5 heteroatoms. The van der Waals surface area contributed by atoms with Crippen LogP contribution in [0.2, 0.25) is 0 Å². The van der Waals surface area contributed by atoms with Crippen LogP contribution >= 0.6 is 0 Å². The van der Waals surface area contributed by atoms with E-state index in [1.54, 1.807) is 0 Å². The topological polar surface area (TPSA) is 27.2 Å². The Morgan fingerprint density at radius 2 is 0.815 bits per heavy atom. The van der Waals surface area contributed by atoms with Crippen molar-refractivity contribution in [3.8, 4) is 11.4 Å². The van der Waals surface area contributed by atoms with Crippen LogP contribution in [0.3, 0.4) is 0 Å². The van der Waals surface area contributed by atoms with E-state index in [9.17, 15) is 0 Å². The van der Waals surface area contributed by atoms with Gasteiger partial charge in [0, 0.05) is 0 Å². The van der Waals surface area contributed by atoms with E-state index in [1.807, 2.05) is 0 Å². The van der Waals surface area contributed by atoms with Gasteiger partial charge in [-0.2, -0.15) is 0 Å². The van der Waals surface area contributed by atoms with Crippen molar-refractivity contribution in [3.05, 3.63) is 206 Å². The van der Waals surface area contributed by atoms with Gasteiger partial charge >= 0.3 is 280 Å². The van der Waals surface area contributed by atoms with Gasteiger partial charge in [-0.05, 0) is 0 Å². The zero-order valence-electron chi connectivity index (χ0n) is 29.4. The molecular formula is C49H34GeN4. The third-order valence-corrected chi connectivity index (χ3v) is 21.2. The van der Waals surface area contributed by atoms with E-state index in [0.29, 0.717) is 0 Å². The molecule has 0 saturated carbocycles. The number of hydrogen-bond acceptors (Lipinski definition) is 1. The normalized spacial score (nSPS) is 12.1. The van der Waals surface area contributed by atoms with Crippen molar-refractivity contribution in [1.82, 2.24) is 18.5 Å². The van der Waals surface area contributed by atoms with Gasteiger partial charge in [0.2, 0.25) is 0 Å². The summed E-state index contributed by atoms with van der Waals surface area (Å²) in [5, 5.41) is 2.51. The van der Waals surface area contributed by atoms with Gasteiger partial charge in [0.05, 0.1) is 0 Å². The second kappa shape index (κ2) is 12.2. The van der Waals surface area contributed by atoms with Gasteiger partial charge < -0.3 is 0 Å². The first-order valence-electron chi connectivity index (χ1n) is 18.5. The minimum absolute atomic E-state index is 0.903. The molecule has 0 aliphatic heterocycles. The van der Waals surface area contributed by atoms with Crippen molar-refractivity contribution in [2.24, 2.45) is 0 Å². The molecule has 0 aliphatic rings. The summed E-state index contributed by atoms with van der Waals surface area (Å²) in [6, 6.07) is 75.6. The van der Waals surface area contributed by atoms with Crippen LogP contribution in [0.15, 0.2) is 206 Å². The molecule has 0 spiro atoms. The molecule has 254 valence electrons. The number of nitrogens with zero attached hydrogens (tertiary/aromatic N) is 4. The van der Waals surface area contributed by atoms with E-state index >= 15 is 0 Å². The molecule has 0 bridgehead atoms. The maximum atomic E-state index is 5.37. The first-order valence-corrected chi connectivity index (χ1v) is 22.7. The summed E-state index contributed by atoms with van der Waals surface area (Å²) in [6.45, 7) is 0. The summed E-state index contributed by atoms with van der Waals surface area (Å²) in [6.07, 6.45) is 0. The Morgan fingerprint density at radius 3 is 1.41 bits per heavy atom. The fourth-order valence-corrected chi connectivity index (χ4v) is 19.0. The standard InChI is InChI=1S/C49H34GeN4/c1-4-17-35(18-5-1)50(36-19-6-2-7-20-36,37-21-8-3-9-22-37)38-23-16-24-39(33-38)53-46-29-14-15-30-47(46)54-48-34-40(31-32-43(48)51-49(53)54)52-44-27-12-10-25-41(44)42-26-11-13-28-45(42)52/h1-34H. The van der Waals surface area contributed by atoms with E-state index in [4.69, 9.17) is 4.98 Å². The van der Waals surface area contributed by atoms with Gasteiger partial charge in [0.25, 0.3) is 0 Å². The summed E-state index contributed by atoms with van der Waals surface area (Å²) >= 11 is -3.50. The molecule has 4 nitrogen and oxygen atoms in total. The van der Waals surface area contributed by atoms with Crippen LogP contribution in [0.1, 0.15) is 0 Å². The SMILES string of the molecule is c1cc[c]([Ge]([c]2ccccc2)([c]2ccccc2)[c]2cccc(-n3c4ccccc4n4c5cc(-n6c7ccccc7c7ccccc76)ccc5nc34)c2)cc1. The van der Waals surface area contributed by atoms with E-state index in [1.165, 1.54) is 39.4 Å². The number of imidazole rings is 2. The van der Waals surface area contributed by atoms with Crippen molar-refractivity contribution >= 4 is 80.5 Å².